The molecule has 0 spiro atoms. The van der Waals surface area contributed by atoms with Gasteiger partial charge in [0, 0.05) is 39.4 Å². The lowest BCUT2D eigenvalue weighted by Gasteiger charge is -2.40. The van der Waals surface area contributed by atoms with Gasteiger partial charge in [0.15, 0.2) is 14.2 Å². The molecule has 11 rings (SSSR count). The number of pyridine rings is 1. The van der Waals surface area contributed by atoms with Gasteiger partial charge < -0.3 is 4.57 Å². The number of rotatable bonds is 6. The minimum atomic E-state index is -2.81. The lowest BCUT2D eigenvalue weighted by atomic mass is 9.99. The Balaban J connectivity index is 1.14. The van der Waals surface area contributed by atoms with Crippen LogP contribution in [0.5, 0.6) is 0 Å². The largest absolute Gasteiger partial charge is 0.327 e. The van der Waals surface area contributed by atoms with E-state index in [1.165, 1.54) is 30.5 Å². The van der Waals surface area contributed by atoms with Gasteiger partial charge in [-0.2, -0.15) is 0 Å². The summed E-state index contributed by atoms with van der Waals surface area (Å²) in [5, 5.41) is 7.61. The standard InChI is InChI=1S/C50H35FN4SSi/c1-54-41-22-9-8-21-40(41)53-50(54)35-16-14-15-33(29-35)49(51)34-26-27-38-39-31-45-47(32-43(39)55(42(38)30-34)48-25-12-13-28-52-48)57(36-17-4-2-5-18-36,37-19-6-3-7-20-37)46-24-11-10-23-44(46)56-45/h2-32,49H,1H3. The molecule has 4 nitrogen and oxygen atoms in total. The fraction of sp³-hybridized carbons (Fsp3) is 0.0400. The molecule has 57 heavy (non-hydrogen) atoms. The topological polar surface area (TPSA) is 35.6 Å². The van der Waals surface area contributed by atoms with Crippen molar-refractivity contribution in [1.29, 1.82) is 0 Å². The lowest BCUT2D eigenvalue weighted by Crippen LogP contribution is -2.76. The van der Waals surface area contributed by atoms with Crippen molar-refractivity contribution in [2.75, 3.05) is 0 Å². The fourth-order valence-corrected chi connectivity index (χ4v) is 16.0. The monoisotopic (exact) mass is 770 g/mol. The Morgan fingerprint density at radius 2 is 1.26 bits per heavy atom. The molecule has 0 bridgehead atoms. The summed E-state index contributed by atoms with van der Waals surface area (Å²) in [6.45, 7) is 0. The molecule has 0 fully saturated rings. The molecule has 0 radical (unpaired) electrons. The second kappa shape index (κ2) is 13.3. The van der Waals surface area contributed by atoms with Crippen molar-refractivity contribution >= 4 is 73.4 Å². The van der Waals surface area contributed by atoms with E-state index < -0.39 is 14.2 Å². The molecule has 272 valence electrons. The molecule has 1 unspecified atom stereocenters. The summed E-state index contributed by atoms with van der Waals surface area (Å²) in [7, 11) is -0.799. The first-order chi connectivity index (χ1) is 28.1. The van der Waals surface area contributed by atoms with Gasteiger partial charge in [0.25, 0.3) is 0 Å². The highest BCUT2D eigenvalue weighted by Gasteiger charge is 2.47. The van der Waals surface area contributed by atoms with E-state index in [0.717, 1.165) is 50.0 Å². The summed E-state index contributed by atoms with van der Waals surface area (Å²) in [4.78, 5) is 12.3. The number of halogens is 1. The number of imidazole rings is 1. The first-order valence-electron chi connectivity index (χ1n) is 19.2. The van der Waals surface area contributed by atoms with Crippen LogP contribution in [-0.2, 0) is 7.05 Å². The zero-order chi connectivity index (χ0) is 38.1. The summed E-state index contributed by atoms with van der Waals surface area (Å²) in [5.74, 6) is 1.61. The van der Waals surface area contributed by atoms with Gasteiger partial charge in [0.2, 0.25) is 0 Å². The number of hydrogen-bond donors (Lipinski definition) is 0. The first kappa shape index (κ1) is 33.8. The summed E-state index contributed by atoms with van der Waals surface area (Å²) >= 11 is 1.85. The zero-order valence-electron chi connectivity index (χ0n) is 31.1. The third kappa shape index (κ3) is 5.19. The van der Waals surface area contributed by atoms with Crippen molar-refractivity contribution in [3.8, 4) is 17.2 Å². The number of para-hydroxylation sites is 2. The number of nitrogens with zero attached hydrogens (tertiary/aromatic N) is 4. The number of benzene rings is 7. The van der Waals surface area contributed by atoms with Crippen LogP contribution in [-0.4, -0.2) is 27.2 Å². The maximum atomic E-state index is 17.0. The predicted molar refractivity (Wildman–Crippen MR) is 235 cm³/mol. The summed E-state index contributed by atoms with van der Waals surface area (Å²) < 4.78 is 21.3. The second-order valence-electron chi connectivity index (χ2n) is 14.7. The molecule has 0 saturated heterocycles. The van der Waals surface area contributed by atoms with Crippen molar-refractivity contribution in [3.63, 3.8) is 0 Å². The molecule has 7 aromatic carbocycles. The van der Waals surface area contributed by atoms with Crippen LogP contribution in [0, 0.1) is 0 Å². The lowest BCUT2D eigenvalue weighted by molar-refractivity contribution is 0.402. The third-order valence-corrected chi connectivity index (χ3v) is 18.0. The number of aromatic nitrogens is 4. The van der Waals surface area contributed by atoms with E-state index in [2.05, 4.69) is 118 Å². The van der Waals surface area contributed by atoms with Crippen LogP contribution < -0.4 is 20.7 Å². The maximum absolute atomic E-state index is 17.0. The minimum absolute atomic E-state index is 0.588. The Morgan fingerprint density at radius 1 is 0.561 bits per heavy atom. The van der Waals surface area contributed by atoms with Gasteiger partial charge in [-0.05, 0) is 86.5 Å². The van der Waals surface area contributed by atoms with Crippen LogP contribution in [0.25, 0.3) is 50.0 Å². The normalized spacial score (nSPS) is 13.8. The van der Waals surface area contributed by atoms with Crippen molar-refractivity contribution in [1.82, 2.24) is 19.1 Å². The van der Waals surface area contributed by atoms with Crippen LogP contribution in [0.3, 0.4) is 0 Å². The van der Waals surface area contributed by atoms with Gasteiger partial charge in [-0.15, -0.1) is 0 Å². The Bertz CT molecular complexity index is 3100. The number of hydrogen-bond acceptors (Lipinski definition) is 3. The molecule has 10 aromatic rings. The summed E-state index contributed by atoms with van der Waals surface area (Å²) in [6.07, 6.45) is 0.479. The van der Waals surface area contributed by atoms with E-state index in [4.69, 9.17) is 9.97 Å². The van der Waals surface area contributed by atoms with Crippen molar-refractivity contribution in [2.45, 2.75) is 16.0 Å². The molecule has 1 atom stereocenters. The third-order valence-electron chi connectivity index (χ3n) is 11.6. The first-order valence-corrected chi connectivity index (χ1v) is 22.0. The Kier molecular flexibility index (Phi) is 7.88. The molecular formula is C50H35FN4SSi. The molecule has 7 heteroatoms. The van der Waals surface area contributed by atoms with E-state index >= 15 is 4.39 Å². The van der Waals surface area contributed by atoms with Crippen LogP contribution in [0.4, 0.5) is 4.39 Å². The van der Waals surface area contributed by atoms with Gasteiger partial charge >= 0.3 is 0 Å². The van der Waals surface area contributed by atoms with E-state index in [1.54, 1.807) is 0 Å². The molecule has 0 amide bonds. The average molecular weight is 771 g/mol. The van der Waals surface area contributed by atoms with E-state index in [1.807, 2.05) is 97.8 Å². The number of alkyl halides is 1. The highest BCUT2D eigenvalue weighted by molar-refractivity contribution is 8.00. The highest BCUT2D eigenvalue weighted by Crippen LogP contribution is 2.41. The van der Waals surface area contributed by atoms with Crippen LogP contribution in [0.2, 0.25) is 0 Å². The highest BCUT2D eigenvalue weighted by atomic mass is 32.2. The number of aryl methyl sites for hydroxylation is 1. The SMILES string of the molecule is Cn1c(-c2cccc(C(F)c3ccc4c5cc6c(cc5n(-c5ccccn5)c4c3)[Si](c3ccccc3)(c3ccccc3)c3ccccc3S6)c2)nc2ccccc21. The van der Waals surface area contributed by atoms with Crippen molar-refractivity contribution in [3.05, 3.63) is 199 Å². The quantitative estimate of drug-likeness (QED) is 0.158. The number of fused-ring (bicyclic) bond motifs is 6. The van der Waals surface area contributed by atoms with Gasteiger partial charge in [-0.1, -0.05) is 139 Å². The zero-order valence-corrected chi connectivity index (χ0v) is 32.9. The van der Waals surface area contributed by atoms with Gasteiger partial charge in [-0.25, -0.2) is 14.4 Å². The molecule has 1 aliphatic rings. The summed E-state index contributed by atoms with van der Waals surface area (Å²) in [6, 6.07) is 63.8. The molecule has 0 N–H and O–H groups in total. The van der Waals surface area contributed by atoms with Gasteiger partial charge in [0.1, 0.15) is 11.6 Å². The maximum Gasteiger partial charge on any atom is 0.181 e. The molecule has 4 heterocycles. The fourth-order valence-electron chi connectivity index (χ4n) is 9.05. The van der Waals surface area contributed by atoms with Crippen LogP contribution in [0.1, 0.15) is 17.3 Å². The molecule has 1 aliphatic heterocycles. The molecular weight excluding hydrogens is 736 g/mol. The smallest absolute Gasteiger partial charge is 0.181 e. The Hall–Kier alpha value is -6.54. The Morgan fingerprint density at radius 3 is 2.04 bits per heavy atom. The van der Waals surface area contributed by atoms with Gasteiger partial charge in [0.05, 0.1) is 22.1 Å². The second-order valence-corrected chi connectivity index (χ2v) is 19.5. The van der Waals surface area contributed by atoms with Crippen molar-refractivity contribution < 1.29 is 4.39 Å². The van der Waals surface area contributed by atoms with E-state index in [-0.39, 0.29) is 0 Å². The van der Waals surface area contributed by atoms with Crippen molar-refractivity contribution in [2.24, 2.45) is 7.05 Å². The van der Waals surface area contributed by atoms with Crippen LogP contribution >= 0.6 is 11.8 Å². The molecule has 3 aromatic heterocycles. The molecule has 0 aliphatic carbocycles. The van der Waals surface area contributed by atoms with E-state index in [0.29, 0.717) is 11.1 Å². The van der Waals surface area contributed by atoms with Gasteiger partial charge in [-0.3, -0.25) is 4.57 Å². The minimum Gasteiger partial charge on any atom is -0.327 e. The summed E-state index contributed by atoms with van der Waals surface area (Å²) in [5.41, 5.74) is 6.00. The average Bonchev–Trinajstić information content (AvgIpc) is 3.78. The Labute approximate surface area is 334 Å². The van der Waals surface area contributed by atoms with E-state index in [9.17, 15) is 0 Å². The van der Waals surface area contributed by atoms with Crippen LogP contribution in [0.15, 0.2) is 198 Å². The predicted octanol–water partition coefficient (Wildman–Crippen LogP) is 9.63. The molecule has 0 saturated carbocycles.